The second-order valence-corrected chi connectivity index (χ2v) is 11.1. The highest BCUT2D eigenvalue weighted by Crippen LogP contribution is 2.44. The standard InChI is InChI=1S/C31H30ClN5O3S/c1-17(2)29(38)34-25-12-11-22(16-24(25)32)37-28(27(35-31(37)41)26-10-5-6-13-33-26)23-14-18(3)36(19(23)4)21-9-7-8-20(15-21)30(39)40/h5-17,27-28H,1-4H3,(H,34,38)(H,35,41)(H,39,40)/t27-,28-/m0/s1. The molecule has 2 aromatic heterocycles. The number of thiocarbonyl (C=S) groups is 1. The number of rotatable bonds is 7. The third-order valence-corrected chi connectivity index (χ3v) is 7.88. The summed E-state index contributed by atoms with van der Waals surface area (Å²) in [5.41, 5.74) is 5.98. The second kappa shape index (κ2) is 11.3. The van der Waals surface area contributed by atoms with E-state index in [9.17, 15) is 14.7 Å². The Bertz CT molecular complexity index is 1650. The van der Waals surface area contributed by atoms with E-state index < -0.39 is 5.97 Å². The molecular weight excluding hydrogens is 558 g/mol. The Morgan fingerprint density at radius 1 is 1.05 bits per heavy atom. The van der Waals surface area contributed by atoms with Crippen molar-refractivity contribution < 1.29 is 14.7 Å². The number of halogens is 1. The van der Waals surface area contributed by atoms with Crippen LogP contribution >= 0.6 is 23.8 Å². The van der Waals surface area contributed by atoms with Crippen LogP contribution in [0.3, 0.4) is 0 Å². The van der Waals surface area contributed by atoms with Crippen LogP contribution in [0.4, 0.5) is 11.4 Å². The lowest BCUT2D eigenvalue weighted by Crippen LogP contribution is -2.29. The number of hydrogen-bond donors (Lipinski definition) is 3. The maximum Gasteiger partial charge on any atom is 0.335 e. The fourth-order valence-electron chi connectivity index (χ4n) is 5.24. The molecule has 1 aliphatic rings. The van der Waals surface area contributed by atoms with Gasteiger partial charge in [-0.2, -0.15) is 0 Å². The molecule has 0 radical (unpaired) electrons. The zero-order valence-corrected chi connectivity index (χ0v) is 24.6. The second-order valence-electron chi connectivity index (χ2n) is 10.3. The lowest BCUT2D eigenvalue weighted by Gasteiger charge is -2.28. The average molecular weight is 588 g/mol. The fourth-order valence-corrected chi connectivity index (χ4v) is 5.81. The summed E-state index contributed by atoms with van der Waals surface area (Å²) in [6.45, 7) is 7.65. The van der Waals surface area contributed by atoms with Gasteiger partial charge in [-0.05, 0) is 86.2 Å². The maximum absolute atomic E-state index is 12.3. The largest absolute Gasteiger partial charge is 0.478 e. The van der Waals surface area contributed by atoms with Gasteiger partial charge in [0.1, 0.15) is 0 Å². The van der Waals surface area contributed by atoms with E-state index in [1.165, 1.54) is 0 Å². The molecule has 8 nitrogen and oxygen atoms in total. The van der Waals surface area contributed by atoms with Crippen molar-refractivity contribution in [3.05, 3.63) is 106 Å². The first kappa shape index (κ1) is 28.3. The number of anilines is 2. The van der Waals surface area contributed by atoms with E-state index in [0.29, 0.717) is 15.8 Å². The minimum Gasteiger partial charge on any atom is -0.478 e. The predicted octanol–water partition coefficient (Wildman–Crippen LogP) is 6.61. The van der Waals surface area contributed by atoms with Crippen LogP contribution in [0.25, 0.3) is 5.69 Å². The van der Waals surface area contributed by atoms with Gasteiger partial charge in [0.2, 0.25) is 5.91 Å². The summed E-state index contributed by atoms with van der Waals surface area (Å²) >= 11 is 12.5. The number of pyridine rings is 1. The van der Waals surface area contributed by atoms with Crippen LogP contribution in [0.1, 0.15) is 58.9 Å². The van der Waals surface area contributed by atoms with E-state index in [2.05, 4.69) is 21.7 Å². The van der Waals surface area contributed by atoms with Crippen molar-refractivity contribution in [1.29, 1.82) is 0 Å². The molecule has 0 spiro atoms. The van der Waals surface area contributed by atoms with Crippen LogP contribution in [0.2, 0.25) is 5.02 Å². The van der Waals surface area contributed by atoms with Crippen LogP contribution < -0.4 is 15.5 Å². The van der Waals surface area contributed by atoms with Crippen molar-refractivity contribution >= 4 is 52.2 Å². The Morgan fingerprint density at radius 2 is 1.83 bits per heavy atom. The summed E-state index contributed by atoms with van der Waals surface area (Å²) in [5.74, 6) is -1.28. The normalized spacial score (nSPS) is 16.6. The van der Waals surface area contributed by atoms with Crippen molar-refractivity contribution in [2.24, 2.45) is 5.92 Å². The van der Waals surface area contributed by atoms with Gasteiger partial charge in [-0.1, -0.05) is 37.6 Å². The van der Waals surface area contributed by atoms with Crippen LogP contribution in [0.15, 0.2) is 72.9 Å². The Balaban J connectivity index is 1.62. The zero-order valence-electron chi connectivity index (χ0n) is 23.1. The molecule has 4 aromatic rings. The molecule has 41 heavy (non-hydrogen) atoms. The first-order chi connectivity index (χ1) is 19.6. The minimum atomic E-state index is -0.980. The molecule has 0 bridgehead atoms. The number of aryl methyl sites for hydroxylation is 1. The van der Waals surface area contributed by atoms with Gasteiger partial charge in [0.25, 0.3) is 0 Å². The highest BCUT2D eigenvalue weighted by atomic mass is 35.5. The molecule has 2 aromatic carbocycles. The van der Waals surface area contributed by atoms with E-state index in [0.717, 1.165) is 34.0 Å². The maximum atomic E-state index is 12.3. The van der Waals surface area contributed by atoms with E-state index in [4.69, 9.17) is 23.8 Å². The number of nitrogens with zero attached hydrogens (tertiary/aromatic N) is 3. The lowest BCUT2D eigenvalue weighted by atomic mass is 9.96. The number of aromatic nitrogens is 2. The molecule has 5 rings (SSSR count). The highest BCUT2D eigenvalue weighted by molar-refractivity contribution is 7.80. The topological polar surface area (TPSA) is 99.5 Å². The van der Waals surface area contributed by atoms with Crippen molar-refractivity contribution in [1.82, 2.24) is 14.9 Å². The van der Waals surface area contributed by atoms with Crippen LogP contribution in [0.5, 0.6) is 0 Å². The third kappa shape index (κ3) is 5.42. The van der Waals surface area contributed by atoms with Gasteiger partial charge in [-0.15, -0.1) is 0 Å². The molecule has 3 heterocycles. The molecule has 0 unspecified atom stereocenters. The number of carbonyl (C=O) groups excluding carboxylic acids is 1. The average Bonchev–Trinajstić information content (AvgIpc) is 3.44. The molecule has 1 amide bonds. The van der Waals surface area contributed by atoms with Crippen molar-refractivity contribution in [2.45, 2.75) is 39.8 Å². The van der Waals surface area contributed by atoms with E-state index >= 15 is 0 Å². The Labute approximate surface area is 249 Å². The lowest BCUT2D eigenvalue weighted by molar-refractivity contribution is -0.118. The van der Waals surface area contributed by atoms with Gasteiger partial charge in [-0.25, -0.2) is 4.79 Å². The first-order valence-electron chi connectivity index (χ1n) is 13.2. The number of amides is 1. The van der Waals surface area contributed by atoms with Gasteiger partial charge < -0.3 is 25.2 Å². The third-order valence-electron chi connectivity index (χ3n) is 7.25. The van der Waals surface area contributed by atoms with Gasteiger partial charge in [0.05, 0.1) is 34.1 Å². The van der Waals surface area contributed by atoms with E-state index in [1.807, 2.05) is 67.5 Å². The molecule has 0 aliphatic carbocycles. The Morgan fingerprint density at radius 3 is 2.49 bits per heavy atom. The monoisotopic (exact) mass is 587 g/mol. The summed E-state index contributed by atoms with van der Waals surface area (Å²) < 4.78 is 2.05. The Hall–Kier alpha value is -4.21. The quantitative estimate of drug-likeness (QED) is 0.209. The van der Waals surface area contributed by atoms with Gasteiger partial charge in [0, 0.05) is 34.9 Å². The summed E-state index contributed by atoms with van der Waals surface area (Å²) in [6.07, 6.45) is 1.75. The zero-order chi connectivity index (χ0) is 29.4. The number of carbonyl (C=O) groups is 2. The first-order valence-corrected chi connectivity index (χ1v) is 14.0. The van der Waals surface area contributed by atoms with Crippen LogP contribution in [-0.4, -0.2) is 31.6 Å². The van der Waals surface area contributed by atoms with Gasteiger partial charge in [0.15, 0.2) is 5.11 Å². The number of benzene rings is 2. The molecule has 0 saturated carbocycles. The highest BCUT2D eigenvalue weighted by Gasteiger charge is 2.42. The number of hydrogen-bond acceptors (Lipinski definition) is 4. The van der Waals surface area contributed by atoms with Crippen LogP contribution in [0, 0.1) is 19.8 Å². The number of carboxylic acid groups (broad SMARTS) is 1. The van der Waals surface area contributed by atoms with Gasteiger partial charge in [-0.3, -0.25) is 9.78 Å². The molecule has 210 valence electrons. The predicted molar refractivity (Wildman–Crippen MR) is 165 cm³/mol. The van der Waals surface area contributed by atoms with Crippen LogP contribution in [-0.2, 0) is 4.79 Å². The number of aromatic carboxylic acids is 1. The molecular formula is C31H30ClN5O3S. The van der Waals surface area contributed by atoms with Crippen molar-refractivity contribution in [3.63, 3.8) is 0 Å². The molecule has 1 fully saturated rings. The summed E-state index contributed by atoms with van der Waals surface area (Å²) in [7, 11) is 0. The summed E-state index contributed by atoms with van der Waals surface area (Å²) in [5, 5.41) is 16.8. The van der Waals surface area contributed by atoms with E-state index in [-0.39, 0.29) is 29.5 Å². The molecule has 10 heteroatoms. The summed E-state index contributed by atoms with van der Waals surface area (Å²) in [6, 6.07) is 19.7. The fraction of sp³-hybridized carbons (Fsp3) is 0.226. The van der Waals surface area contributed by atoms with Crippen molar-refractivity contribution in [3.8, 4) is 5.69 Å². The summed E-state index contributed by atoms with van der Waals surface area (Å²) in [4.78, 5) is 30.6. The molecule has 3 N–H and O–H groups in total. The Kier molecular flexibility index (Phi) is 7.84. The molecule has 1 aliphatic heterocycles. The van der Waals surface area contributed by atoms with Gasteiger partial charge >= 0.3 is 5.97 Å². The van der Waals surface area contributed by atoms with E-state index in [1.54, 1.807) is 36.5 Å². The molecule has 1 saturated heterocycles. The van der Waals surface area contributed by atoms with Crippen molar-refractivity contribution in [2.75, 3.05) is 10.2 Å². The SMILES string of the molecule is Cc1cc([C@H]2[C@H](c3ccccn3)NC(=S)N2c2ccc(NC(=O)C(C)C)c(Cl)c2)c(C)n1-c1cccc(C(=O)O)c1. The number of nitrogens with one attached hydrogen (secondary N) is 2. The smallest absolute Gasteiger partial charge is 0.335 e. The minimum absolute atomic E-state index is 0.120. The molecule has 2 atom stereocenters. The number of carboxylic acids is 1.